The van der Waals surface area contributed by atoms with Crippen molar-refractivity contribution in [1.29, 1.82) is 0 Å². The Kier molecular flexibility index (Phi) is 10.2. The van der Waals surface area contributed by atoms with Crippen LogP contribution in [0.25, 0.3) is 86.2 Å². The van der Waals surface area contributed by atoms with Gasteiger partial charge in [0, 0.05) is 75.9 Å². The molecule has 3 heteroatoms. The van der Waals surface area contributed by atoms with Crippen molar-refractivity contribution in [2.75, 3.05) is 9.80 Å². The van der Waals surface area contributed by atoms with Crippen molar-refractivity contribution in [2.45, 2.75) is 38.5 Å². The fourth-order valence-corrected chi connectivity index (χ4v) is 14.5. The first kappa shape index (κ1) is 45.4. The Balaban J connectivity index is 0.989. The van der Waals surface area contributed by atoms with E-state index in [-0.39, 0.29) is 10.8 Å². The predicted octanol–water partition coefficient (Wildman–Crippen LogP) is 21.2. The zero-order valence-corrected chi connectivity index (χ0v) is 44.4. The van der Waals surface area contributed by atoms with Crippen molar-refractivity contribution in [3.63, 3.8) is 0 Å². The lowest BCUT2D eigenvalue weighted by atomic mass is 9.81. The Morgan fingerprint density at radius 1 is 0.247 bits per heavy atom. The molecule has 0 spiro atoms. The van der Waals surface area contributed by atoms with Crippen LogP contribution < -0.4 is 9.80 Å². The maximum Gasteiger partial charge on any atom is 0.0462 e. The van der Waals surface area contributed by atoms with Gasteiger partial charge in [0.05, 0.1) is 0 Å². The Morgan fingerprint density at radius 2 is 0.532 bits per heavy atom. The smallest absolute Gasteiger partial charge is 0.0462 e. The van der Waals surface area contributed by atoms with Crippen molar-refractivity contribution in [2.24, 2.45) is 0 Å². The number of rotatable bonds is 8. The number of hydrogen-bond acceptors (Lipinski definition) is 3. The average molecular weight is 1000 g/mol. The van der Waals surface area contributed by atoms with Gasteiger partial charge >= 0.3 is 0 Å². The van der Waals surface area contributed by atoms with Crippen LogP contribution in [0.15, 0.2) is 255 Å². The minimum absolute atomic E-state index is 0.150. The molecule has 77 heavy (non-hydrogen) atoms. The molecule has 0 saturated carbocycles. The van der Waals surface area contributed by atoms with Crippen LogP contribution >= 0.6 is 11.3 Å². The number of fused-ring (bicyclic) bond motifs is 13. The van der Waals surface area contributed by atoms with Crippen LogP contribution in [0.1, 0.15) is 49.9 Å². The van der Waals surface area contributed by atoms with Gasteiger partial charge in [0.25, 0.3) is 0 Å². The number of anilines is 6. The first-order valence-corrected chi connectivity index (χ1v) is 27.7. The van der Waals surface area contributed by atoms with E-state index in [2.05, 4.69) is 292 Å². The topological polar surface area (TPSA) is 6.48 Å². The average Bonchev–Trinajstić information content (AvgIpc) is 4.15. The van der Waals surface area contributed by atoms with Crippen molar-refractivity contribution < 1.29 is 0 Å². The van der Waals surface area contributed by atoms with Gasteiger partial charge in [0.2, 0.25) is 0 Å². The molecule has 0 amide bonds. The van der Waals surface area contributed by atoms with Crippen LogP contribution in [0, 0.1) is 0 Å². The van der Waals surface area contributed by atoms with Crippen LogP contribution in [-0.2, 0) is 10.8 Å². The lowest BCUT2D eigenvalue weighted by Gasteiger charge is -2.25. The van der Waals surface area contributed by atoms with E-state index in [4.69, 9.17) is 0 Å². The molecule has 2 aliphatic rings. The number of benzene rings is 12. The molecule has 0 aliphatic heterocycles. The first-order chi connectivity index (χ1) is 37.7. The molecule has 0 unspecified atom stereocenters. The van der Waals surface area contributed by atoms with Gasteiger partial charge in [0.15, 0.2) is 0 Å². The van der Waals surface area contributed by atoms with Crippen molar-refractivity contribution in [1.82, 2.24) is 0 Å². The Hall–Kier alpha value is -9.02. The molecule has 0 saturated heterocycles. The van der Waals surface area contributed by atoms with Crippen molar-refractivity contribution in [3.8, 4) is 44.5 Å². The highest BCUT2D eigenvalue weighted by Crippen LogP contribution is 2.56. The summed E-state index contributed by atoms with van der Waals surface area (Å²) >= 11 is 1.98. The predicted molar refractivity (Wildman–Crippen MR) is 330 cm³/mol. The monoisotopic (exact) mass is 1000 g/mol. The molecule has 0 bridgehead atoms. The Morgan fingerprint density at radius 3 is 0.883 bits per heavy atom. The lowest BCUT2D eigenvalue weighted by Crippen LogP contribution is -2.14. The summed E-state index contributed by atoms with van der Waals surface area (Å²) in [6, 6.07) is 94.7. The van der Waals surface area contributed by atoms with Gasteiger partial charge in [-0.25, -0.2) is 0 Å². The molecule has 0 radical (unpaired) electrons. The van der Waals surface area contributed by atoms with E-state index in [1.807, 2.05) is 11.3 Å². The fourth-order valence-electron chi connectivity index (χ4n) is 13.2. The molecule has 13 aromatic rings. The molecule has 1 aromatic heterocycles. The third-order valence-electron chi connectivity index (χ3n) is 17.0. The van der Waals surface area contributed by atoms with E-state index in [0.717, 1.165) is 34.1 Å². The molecule has 0 N–H and O–H groups in total. The van der Waals surface area contributed by atoms with E-state index in [1.54, 1.807) is 0 Å². The Bertz CT molecular complexity index is 4090. The van der Waals surface area contributed by atoms with Crippen LogP contribution in [0.5, 0.6) is 0 Å². The molecule has 2 nitrogen and oxygen atoms in total. The quantitative estimate of drug-likeness (QED) is 0.150. The second-order valence-corrected chi connectivity index (χ2v) is 23.1. The van der Waals surface area contributed by atoms with Gasteiger partial charge in [-0.05, 0) is 187 Å². The molecular weight excluding hydrogens is 949 g/mol. The molecular formula is C74H54N2S. The number of thiophene rings is 1. The number of para-hydroxylation sites is 4. The summed E-state index contributed by atoms with van der Waals surface area (Å²) in [6.45, 7) is 9.63. The maximum atomic E-state index is 2.57. The second kappa shape index (κ2) is 17.3. The van der Waals surface area contributed by atoms with Crippen LogP contribution in [0.3, 0.4) is 0 Å². The van der Waals surface area contributed by atoms with E-state index in [1.165, 1.54) is 108 Å². The molecule has 366 valence electrons. The lowest BCUT2D eigenvalue weighted by molar-refractivity contribution is 0.661. The summed E-state index contributed by atoms with van der Waals surface area (Å²) in [5.74, 6) is 0. The zero-order chi connectivity index (χ0) is 51.6. The standard InChI is InChI=1S/C74H54N2S/c1-73(2)67-31-19-17-29-55(67)61-43-59-57(47-33-37-53(38-34-47)75(49-21-9-5-10-22-49)50-23-11-6-12-24-50)41-63-64-42-58(48-35-39-54(40-36-48)76(51-25-13-7-14-26-51)52-27-15-8-16-28-52)60-44-62-56-30-18-20-32-68(56)74(3,4)70(62)46-66(60)72(64)77-71(63)65(59)45-69(61)73/h5-46H,1-4H3. The third-order valence-corrected chi connectivity index (χ3v) is 18.3. The van der Waals surface area contributed by atoms with Crippen LogP contribution in [0.4, 0.5) is 34.1 Å². The first-order valence-electron chi connectivity index (χ1n) is 26.9. The molecule has 2 aliphatic carbocycles. The third kappa shape index (κ3) is 7.00. The SMILES string of the molecule is CC1(C)c2ccccc2-c2cc3c(-c4ccc(N(c5ccccc5)c5ccccc5)cc4)cc4c5cc(-c6ccc(N(c7ccccc7)c7ccccc7)cc6)c6cc7c(cc6c5sc4c3cc21)C(C)(C)c1ccccc1-7. The van der Waals surface area contributed by atoms with Gasteiger partial charge in [-0.2, -0.15) is 0 Å². The minimum atomic E-state index is -0.150. The highest BCUT2D eigenvalue weighted by molar-refractivity contribution is 7.27. The van der Waals surface area contributed by atoms with E-state index < -0.39 is 0 Å². The molecule has 15 rings (SSSR count). The summed E-state index contributed by atoms with van der Waals surface area (Å²) < 4.78 is 2.67. The van der Waals surface area contributed by atoms with Gasteiger partial charge in [-0.3, -0.25) is 0 Å². The molecule has 12 aromatic carbocycles. The summed E-state index contributed by atoms with van der Waals surface area (Å²) in [5.41, 5.74) is 22.2. The largest absolute Gasteiger partial charge is 0.311 e. The van der Waals surface area contributed by atoms with Crippen molar-refractivity contribution in [3.05, 3.63) is 277 Å². The maximum absolute atomic E-state index is 2.57. The van der Waals surface area contributed by atoms with Gasteiger partial charge < -0.3 is 9.80 Å². The number of nitrogens with zero attached hydrogens (tertiary/aromatic N) is 2. The van der Waals surface area contributed by atoms with Gasteiger partial charge in [0.1, 0.15) is 0 Å². The van der Waals surface area contributed by atoms with Crippen LogP contribution in [0.2, 0.25) is 0 Å². The second-order valence-electron chi connectivity index (χ2n) is 22.0. The van der Waals surface area contributed by atoms with Gasteiger partial charge in [-0.15, -0.1) is 11.3 Å². The highest BCUT2D eigenvalue weighted by atomic mass is 32.1. The van der Waals surface area contributed by atoms with Gasteiger partial charge in [-0.1, -0.05) is 173 Å². The molecule has 0 atom stereocenters. The normalized spacial score (nSPS) is 13.7. The number of hydrogen-bond donors (Lipinski definition) is 0. The summed E-state index contributed by atoms with van der Waals surface area (Å²) in [5, 5.41) is 7.78. The zero-order valence-electron chi connectivity index (χ0n) is 43.6. The van der Waals surface area contributed by atoms with Crippen LogP contribution in [-0.4, -0.2) is 0 Å². The summed E-state index contributed by atoms with van der Waals surface area (Å²) in [4.78, 5) is 4.69. The summed E-state index contributed by atoms with van der Waals surface area (Å²) in [7, 11) is 0. The minimum Gasteiger partial charge on any atom is -0.311 e. The van der Waals surface area contributed by atoms with E-state index >= 15 is 0 Å². The molecule has 1 heterocycles. The van der Waals surface area contributed by atoms with Crippen molar-refractivity contribution >= 4 is 87.2 Å². The van der Waals surface area contributed by atoms with E-state index in [9.17, 15) is 0 Å². The van der Waals surface area contributed by atoms with E-state index in [0.29, 0.717) is 0 Å². The molecule has 0 fully saturated rings. The Labute approximate surface area is 454 Å². The highest BCUT2D eigenvalue weighted by Gasteiger charge is 2.38. The fraction of sp³-hybridized carbons (Fsp3) is 0.0811. The summed E-state index contributed by atoms with van der Waals surface area (Å²) in [6.07, 6.45) is 0.